The molecule has 2 N–H and O–H groups in total. The van der Waals surface area contributed by atoms with Crippen LogP contribution in [0.3, 0.4) is 0 Å². The lowest BCUT2D eigenvalue weighted by atomic mass is 9.99. The summed E-state index contributed by atoms with van der Waals surface area (Å²) in [4.78, 5) is 0. The van der Waals surface area contributed by atoms with Crippen LogP contribution in [-0.4, -0.2) is 11.2 Å². The fraction of sp³-hybridized carbons (Fsp3) is 0.611. The van der Waals surface area contributed by atoms with Crippen molar-refractivity contribution < 1.29 is 0 Å². The van der Waals surface area contributed by atoms with E-state index in [1.165, 1.54) is 50.5 Å². The van der Waals surface area contributed by atoms with Crippen molar-refractivity contribution in [3.05, 3.63) is 29.8 Å². The van der Waals surface area contributed by atoms with Gasteiger partial charge in [-0.3, -0.25) is 0 Å². The standard InChI is InChI=1S/C18H28N2S/c1-3-14(2)15-10-12-17(13-11-15)20-18(21)19-16-8-6-4-5-7-9-16/h10-14,16H,3-9H2,1-2H3,(H2,19,20,21). The first-order valence-corrected chi connectivity index (χ1v) is 8.77. The van der Waals surface area contributed by atoms with Crippen LogP contribution in [0.2, 0.25) is 0 Å². The number of hydrogen-bond donors (Lipinski definition) is 2. The van der Waals surface area contributed by atoms with E-state index in [-0.39, 0.29) is 0 Å². The molecule has 0 radical (unpaired) electrons. The van der Waals surface area contributed by atoms with Gasteiger partial charge in [0.2, 0.25) is 0 Å². The van der Waals surface area contributed by atoms with Crippen LogP contribution in [-0.2, 0) is 0 Å². The topological polar surface area (TPSA) is 24.1 Å². The van der Waals surface area contributed by atoms with Crippen LogP contribution in [0.25, 0.3) is 0 Å². The Morgan fingerprint density at radius 3 is 2.33 bits per heavy atom. The van der Waals surface area contributed by atoms with Gasteiger partial charge in [-0.1, -0.05) is 51.7 Å². The molecular weight excluding hydrogens is 276 g/mol. The Morgan fingerprint density at radius 1 is 1.14 bits per heavy atom. The maximum atomic E-state index is 5.45. The Labute approximate surface area is 134 Å². The Bertz CT molecular complexity index is 433. The summed E-state index contributed by atoms with van der Waals surface area (Å²) in [5.74, 6) is 0.620. The third-order valence-electron chi connectivity index (χ3n) is 4.54. The molecule has 0 heterocycles. The minimum absolute atomic E-state index is 0.548. The second kappa shape index (κ2) is 8.38. The molecule has 2 nitrogen and oxygen atoms in total. The number of anilines is 1. The molecule has 0 spiro atoms. The van der Waals surface area contributed by atoms with Gasteiger partial charge in [-0.25, -0.2) is 0 Å². The molecule has 1 aromatic carbocycles. The number of hydrogen-bond acceptors (Lipinski definition) is 1. The summed E-state index contributed by atoms with van der Waals surface area (Å²) >= 11 is 5.45. The fourth-order valence-corrected chi connectivity index (χ4v) is 3.19. The predicted octanol–water partition coefficient (Wildman–Crippen LogP) is 5.21. The first-order chi connectivity index (χ1) is 10.2. The number of benzene rings is 1. The van der Waals surface area contributed by atoms with Gasteiger partial charge in [0.05, 0.1) is 0 Å². The first-order valence-electron chi connectivity index (χ1n) is 8.36. The first kappa shape index (κ1) is 16.3. The molecule has 1 unspecified atom stereocenters. The van der Waals surface area contributed by atoms with Gasteiger partial charge < -0.3 is 10.6 Å². The van der Waals surface area contributed by atoms with E-state index >= 15 is 0 Å². The molecule has 1 fully saturated rings. The van der Waals surface area contributed by atoms with Gasteiger partial charge >= 0.3 is 0 Å². The van der Waals surface area contributed by atoms with E-state index in [0.717, 1.165) is 10.8 Å². The van der Waals surface area contributed by atoms with E-state index < -0.39 is 0 Å². The highest BCUT2D eigenvalue weighted by molar-refractivity contribution is 7.80. The van der Waals surface area contributed by atoms with Crippen molar-refractivity contribution in [2.45, 2.75) is 70.8 Å². The fourth-order valence-electron chi connectivity index (χ4n) is 2.91. The molecule has 3 heteroatoms. The van der Waals surface area contributed by atoms with Crippen LogP contribution < -0.4 is 10.6 Å². The quantitative estimate of drug-likeness (QED) is 0.590. The zero-order chi connectivity index (χ0) is 15.1. The summed E-state index contributed by atoms with van der Waals surface area (Å²) in [7, 11) is 0. The molecule has 1 aliphatic rings. The highest BCUT2D eigenvalue weighted by Crippen LogP contribution is 2.21. The average molecular weight is 305 g/mol. The normalized spacial score (nSPS) is 17.8. The molecule has 21 heavy (non-hydrogen) atoms. The lowest BCUT2D eigenvalue weighted by molar-refractivity contribution is 0.535. The van der Waals surface area contributed by atoms with Crippen molar-refractivity contribution in [1.29, 1.82) is 0 Å². The average Bonchev–Trinajstić information content (AvgIpc) is 2.75. The molecule has 0 saturated heterocycles. The van der Waals surface area contributed by atoms with E-state index in [4.69, 9.17) is 12.2 Å². The Hall–Kier alpha value is -1.09. The number of thiocarbonyl (C=S) groups is 1. The Balaban J connectivity index is 1.84. The van der Waals surface area contributed by atoms with Crippen LogP contribution in [0, 0.1) is 0 Å². The maximum absolute atomic E-state index is 5.45. The molecular formula is C18H28N2S. The molecule has 1 saturated carbocycles. The van der Waals surface area contributed by atoms with Crippen LogP contribution in [0.1, 0.15) is 70.3 Å². The molecule has 116 valence electrons. The van der Waals surface area contributed by atoms with Gasteiger partial charge in [0.15, 0.2) is 5.11 Å². The molecule has 0 amide bonds. The van der Waals surface area contributed by atoms with E-state index in [9.17, 15) is 0 Å². The van der Waals surface area contributed by atoms with Crippen LogP contribution >= 0.6 is 12.2 Å². The molecule has 1 atom stereocenters. The molecule has 2 rings (SSSR count). The Kier molecular flexibility index (Phi) is 6.50. The predicted molar refractivity (Wildman–Crippen MR) is 96.0 cm³/mol. The van der Waals surface area contributed by atoms with Gasteiger partial charge in [0.25, 0.3) is 0 Å². The number of nitrogens with one attached hydrogen (secondary N) is 2. The second-order valence-corrected chi connectivity index (χ2v) is 6.63. The van der Waals surface area contributed by atoms with E-state index in [1.54, 1.807) is 0 Å². The minimum atomic E-state index is 0.548. The lowest BCUT2D eigenvalue weighted by Crippen LogP contribution is -2.37. The third-order valence-corrected chi connectivity index (χ3v) is 4.76. The van der Waals surface area contributed by atoms with E-state index in [0.29, 0.717) is 12.0 Å². The smallest absolute Gasteiger partial charge is 0.170 e. The van der Waals surface area contributed by atoms with Gasteiger partial charge in [0.1, 0.15) is 0 Å². The van der Waals surface area contributed by atoms with Crippen molar-refractivity contribution in [3.8, 4) is 0 Å². The maximum Gasteiger partial charge on any atom is 0.170 e. The van der Waals surface area contributed by atoms with Crippen molar-refractivity contribution in [1.82, 2.24) is 5.32 Å². The highest BCUT2D eigenvalue weighted by Gasteiger charge is 2.13. The van der Waals surface area contributed by atoms with Gasteiger partial charge in [0, 0.05) is 11.7 Å². The van der Waals surface area contributed by atoms with Crippen LogP contribution in [0.5, 0.6) is 0 Å². The van der Waals surface area contributed by atoms with Crippen LogP contribution in [0.15, 0.2) is 24.3 Å². The molecule has 0 bridgehead atoms. The summed E-state index contributed by atoms with van der Waals surface area (Å²) in [5.41, 5.74) is 2.47. The minimum Gasteiger partial charge on any atom is -0.360 e. The van der Waals surface area contributed by atoms with Gasteiger partial charge in [-0.15, -0.1) is 0 Å². The zero-order valence-electron chi connectivity index (χ0n) is 13.3. The third kappa shape index (κ3) is 5.31. The molecule has 0 aromatic heterocycles. The van der Waals surface area contributed by atoms with Crippen molar-refractivity contribution in [2.24, 2.45) is 0 Å². The summed E-state index contributed by atoms with van der Waals surface area (Å²) in [6, 6.07) is 9.20. The van der Waals surface area contributed by atoms with E-state index in [1.807, 2.05) is 0 Å². The van der Waals surface area contributed by atoms with Gasteiger partial charge in [-0.2, -0.15) is 0 Å². The van der Waals surface area contributed by atoms with Crippen molar-refractivity contribution >= 4 is 23.0 Å². The monoisotopic (exact) mass is 304 g/mol. The number of rotatable bonds is 4. The molecule has 1 aliphatic carbocycles. The second-order valence-electron chi connectivity index (χ2n) is 6.22. The summed E-state index contributed by atoms with van der Waals surface area (Å²) < 4.78 is 0. The van der Waals surface area contributed by atoms with Gasteiger partial charge in [-0.05, 0) is 55.1 Å². The Morgan fingerprint density at radius 2 is 1.76 bits per heavy atom. The zero-order valence-corrected chi connectivity index (χ0v) is 14.1. The van der Waals surface area contributed by atoms with Crippen molar-refractivity contribution in [3.63, 3.8) is 0 Å². The summed E-state index contributed by atoms with van der Waals surface area (Å²) in [6.07, 6.45) is 9.05. The van der Waals surface area contributed by atoms with Crippen LogP contribution in [0.4, 0.5) is 5.69 Å². The van der Waals surface area contributed by atoms with Crippen molar-refractivity contribution in [2.75, 3.05) is 5.32 Å². The summed E-state index contributed by atoms with van der Waals surface area (Å²) in [5, 5.41) is 7.55. The largest absolute Gasteiger partial charge is 0.360 e. The van der Waals surface area contributed by atoms with E-state index in [2.05, 4.69) is 48.7 Å². The lowest BCUT2D eigenvalue weighted by Gasteiger charge is -2.19. The SMILES string of the molecule is CCC(C)c1ccc(NC(=S)NC2CCCCCC2)cc1. The summed E-state index contributed by atoms with van der Waals surface area (Å²) in [6.45, 7) is 4.49. The molecule has 1 aromatic rings. The molecule has 0 aliphatic heterocycles. The highest BCUT2D eigenvalue weighted by atomic mass is 32.1.